The van der Waals surface area contributed by atoms with E-state index in [0.29, 0.717) is 6.04 Å². The monoisotopic (exact) mass is 261 g/mol. The fourth-order valence-corrected chi connectivity index (χ4v) is 2.85. The molecule has 0 amide bonds. The lowest BCUT2D eigenvalue weighted by atomic mass is 10.1. The first-order valence-electron chi connectivity index (χ1n) is 6.10. The molecule has 1 aromatic carbocycles. The molecule has 1 unspecified atom stereocenters. The Morgan fingerprint density at radius 1 is 1.33 bits per heavy atom. The van der Waals surface area contributed by atoms with E-state index in [1.807, 2.05) is 13.0 Å². The van der Waals surface area contributed by atoms with Gasteiger partial charge in [-0.1, -0.05) is 12.1 Å². The van der Waals surface area contributed by atoms with E-state index in [1.165, 1.54) is 10.6 Å². The molecule has 0 fully saturated rings. The maximum atomic E-state index is 9.20. The van der Waals surface area contributed by atoms with Gasteiger partial charge in [0.15, 0.2) is 0 Å². The number of nitrogens with zero attached hydrogens (tertiary/aromatic N) is 1. The first-order chi connectivity index (χ1) is 8.63. The lowest BCUT2D eigenvalue weighted by Gasteiger charge is -2.27. The summed E-state index contributed by atoms with van der Waals surface area (Å²) < 4.78 is 0. The SMILES string of the molecule is Cc1cc(N(C)C(C)c2cccs2)ccc1CO. The smallest absolute Gasteiger partial charge is 0.0684 e. The predicted octanol–water partition coefficient (Wildman–Crippen LogP) is 3.75. The molecule has 0 aliphatic carbocycles. The van der Waals surface area contributed by atoms with Gasteiger partial charge < -0.3 is 10.0 Å². The second kappa shape index (κ2) is 5.55. The molecule has 0 radical (unpaired) electrons. The van der Waals surface area contributed by atoms with Gasteiger partial charge in [-0.25, -0.2) is 0 Å². The highest BCUT2D eigenvalue weighted by atomic mass is 32.1. The topological polar surface area (TPSA) is 23.5 Å². The third-order valence-corrected chi connectivity index (χ3v) is 4.48. The molecule has 0 saturated carbocycles. The van der Waals surface area contributed by atoms with Gasteiger partial charge in [0, 0.05) is 17.6 Å². The second-order valence-corrected chi connectivity index (χ2v) is 5.55. The molecule has 2 aromatic rings. The van der Waals surface area contributed by atoms with Crippen molar-refractivity contribution < 1.29 is 5.11 Å². The van der Waals surface area contributed by atoms with Gasteiger partial charge in [-0.05, 0) is 48.6 Å². The Balaban J connectivity index is 2.23. The minimum Gasteiger partial charge on any atom is -0.392 e. The summed E-state index contributed by atoms with van der Waals surface area (Å²) in [6.45, 7) is 4.36. The van der Waals surface area contributed by atoms with E-state index in [1.54, 1.807) is 11.3 Å². The van der Waals surface area contributed by atoms with Crippen LogP contribution in [0.1, 0.15) is 29.0 Å². The minimum absolute atomic E-state index is 0.107. The molecule has 1 N–H and O–H groups in total. The summed E-state index contributed by atoms with van der Waals surface area (Å²) in [5.74, 6) is 0. The van der Waals surface area contributed by atoms with Gasteiger partial charge in [0.25, 0.3) is 0 Å². The average Bonchev–Trinajstić information content (AvgIpc) is 2.90. The first-order valence-corrected chi connectivity index (χ1v) is 6.98. The summed E-state index contributed by atoms with van der Waals surface area (Å²) in [6.07, 6.45) is 0. The maximum absolute atomic E-state index is 9.20. The fraction of sp³-hybridized carbons (Fsp3) is 0.333. The quantitative estimate of drug-likeness (QED) is 0.906. The van der Waals surface area contributed by atoms with Crippen LogP contribution in [0.3, 0.4) is 0 Å². The summed E-state index contributed by atoms with van der Waals surface area (Å²) in [4.78, 5) is 3.63. The maximum Gasteiger partial charge on any atom is 0.0684 e. The highest BCUT2D eigenvalue weighted by molar-refractivity contribution is 7.10. The van der Waals surface area contributed by atoms with Crippen LogP contribution in [0.25, 0.3) is 0 Å². The van der Waals surface area contributed by atoms with Gasteiger partial charge in [-0.3, -0.25) is 0 Å². The molecule has 0 aliphatic rings. The van der Waals surface area contributed by atoms with Crippen LogP contribution >= 0.6 is 11.3 Å². The number of aryl methyl sites for hydroxylation is 1. The van der Waals surface area contributed by atoms with Gasteiger partial charge in [0.05, 0.1) is 12.6 Å². The third kappa shape index (κ3) is 2.57. The van der Waals surface area contributed by atoms with Crippen molar-refractivity contribution in [3.63, 3.8) is 0 Å². The molecule has 3 heteroatoms. The van der Waals surface area contributed by atoms with E-state index in [-0.39, 0.29) is 6.61 Å². The van der Waals surface area contributed by atoms with Crippen LogP contribution in [0.15, 0.2) is 35.7 Å². The number of aliphatic hydroxyl groups is 1. The number of hydrogen-bond donors (Lipinski definition) is 1. The Bertz CT molecular complexity index is 507. The molecular formula is C15H19NOS. The van der Waals surface area contributed by atoms with Crippen LogP contribution in [0, 0.1) is 6.92 Å². The van der Waals surface area contributed by atoms with Crippen molar-refractivity contribution in [2.24, 2.45) is 0 Å². The van der Waals surface area contributed by atoms with Crippen molar-refractivity contribution in [2.75, 3.05) is 11.9 Å². The zero-order valence-corrected chi connectivity index (χ0v) is 11.9. The van der Waals surface area contributed by atoms with Gasteiger partial charge in [-0.2, -0.15) is 0 Å². The Morgan fingerprint density at radius 2 is 2.11 bits per heavy atom. The van der Waals surface area contributed by atoms with Gasteiger partial charge in [0.2, 0.25) is 0 Å². The molecule has 0 aliphatic heterocycles. The van der Waals surface area contributed by atoms with E-state index in [4.69, 9.17) is 0 Å². The van der Waals surface area contributed by atoms with E-state index in [2.05, 4.69) is 48.5 Å². The second-order valence-electron chi connectivity index (χ2n) is 4.57. The Hall–Kier alpha value is -1.32. The minimum atomic E-state index is 0.107. The number of thiophene rings is 1. The van der Waals surface area contributed by atoms with Crippen LogP contribution in [0.4, 0.5) is 5.69 Å². The molecule has 2 nitrogen and oxygen atoms in total. The molecule has 1 aromatic heterocycles. The summed E-state index contributed by atoms with van der Waals surface area (Å²) in [6, 6.07) is 10.8. The number of anilines is 1. The van der Waals surface area contributed by atoms with Crippen LogP contribution in [0.5, 0.6) is 0 Å². The summed E-state index contributed by atoms with van der Waals surface area (Å²) >= 11 is 1.78. The van der Waals surface area contributed by atoms with Crippen molar-refractivity contribution in [1.82, 2.24) is 0 Å². The van der Waals surface area contributed by atoms with Crippen LogP contribution in [-0.4, -0.2) is 12.2 Å². The molecule has 0 spiro atoms. The van der Waals surface area contributed by atoms with Crippen molar-refractivity contribution in [3.8, 4) is 0 Å². The van der Waals surface area contributed by atoms with Crippen LogP contribution in [0.2, 0.25) is 0 Å². The highest BCUT2D eigenvalue weighted by Gasteiger charge is 2.13. The van der Waals surface area contributed by atoms with E-state index < -0.39 is 0 Å². The largest absolute Gasteiger partial charge is 0.392 e. The van der Waals surface area contributed by atoms with Crippen molar-refractivity contribution >= 4 is 17.0 Å². The molecule has 18 heavy (non-hydrogen) atoms. The van der Waals surface area contributed by atoms with Crippen LogP contribution < -0.4 is 4.90 Å². The summed E-state index contributed by atoms with van der Waals surface area (Å²) in [5.41, 5.74) is 3.32. The molecule has 96 valence electrons. The first kappa shape index (κ1) is 13.1. The van der Waals surface area contributed by atoms with Crippen molar-refractivity contribution in [2.45, 2.75) is 26.5 Å². The fourth-order valence-electron chi connectivity index (χ4n) is 2.02. The van der Waals surface area contributed by atoms with Gasteiger partial charge >= 0.3 is 0 Å². The third-order valence-electron chi connectivity index (χ3n) is 3.44. The number of hydrogen-bond acceptors (Lipinski definition) is 3. The zero-order chi connectivity index (χ0) is 13.1. The van der Waals surface area contributed by atoms with Gasteiger partial charge in [0.1, 0.15) is 0 Å². The lowest BCUT2D eigenvalue weighted by Crippen LogP contribution is -2.20. The number of rotatable bonds is 4. The highest BCUT2D eigenvalue weighted by Crippen LogP contribution is 2.29. The van der Waals surface area contributed by atoms with E-state index >= 15 is 0 Å². The number of benzene rings is 1. The Kier molecular flexibility index (Phi) is 4.04. The predicted molar refractivity (Wildman–Crippen MR) is 78.2 cm³/mol. The Labute approximate surface area is 113 Å². The average molecular weight is 261 g/mol. The summed E-state index contributed by atoms with van der Waals surface area (Å²) in [7, 11) is 2.11. The van der Waals surface area contributed by atoms with Crippen LogP contribution in [-0.2, 0) is 6.61 Å². The standard InChI is InChI=1S/C15H19NOS/c1-11-9-14(7-6-13(11)10-17)16(3)12(2)15-5-4-8-18-15/h4-9,12,17H,10H2,1-3H3. The van der Waals surface area contributed by atoms with Crippen molar-refractivity contribution in [1.29, 1.82) is 0 Å². The molecular weight excluding hydrogens is 242 g/mol. The molecule has 2 rings (SSSR count). The lowest BCUT2D eigenvalue weighted by molar-refractivity contribution is 0.281. The van der Waals surface area contributed by atoms with E-state index in [0.717, 1.165) is 11.1 Å². The molecule has 0 bridgehead atoms. The molecule has 0 saturated heterocycles. The van der Waals surface area contributed by atoms with Crippen molar-refractivity contribution in [3.05, 3.63) is 51.7 Å². The molecule has 1 atom stereocenters. The molecule has 1 heterocycles. The Morgan fingerprint density at radius 3 is 2.67 bits per heavy atom. The number of aliphatic hydroxyl groups excluding tert-OH is 1. The van der Waals surface area contributed by atoms with E-state index in [9.17, 15) is 5.11 Å². The summed E-state index contributed by atoms with van der Waals surface area (Å²) in [5, 5.41) is 11.3. The van der Waals surface area contributed by atoms with Gasteiger partial charge in [-0.15, -0.1) is 11.3 Å². The zero-order valence-electron chi connectivity index (χ0n) is 11.1. The normalized spacial score (nSPS) is 12.4.